The highest BCUT2D eigenvalue weighted by atomic mass is 35.5. The van der Waals surface area contributed by atoms with E-state index >= 15 is 0 Å². The largest absolute Gasteiger partial charge is 0.493 e. The Kier molecular flexibility index (Phi) is 7.88. The van der Waals surface area contributed by atoms with Crippen molar-refractivity contribution in [2.75, 3.05) is 46.2 Å². The van der Waals surface area contributed by atoms with E-state index in [0.717, 1.165) is 22.3 Å². The third kappa shape index (κ3) is 5.80. The second-order valence-electron chi connectivity index (χ2n) is 9.76. The van der Waals surface area contributed by atoms with Gasteiger partial charge >= 0.3 is 5.97 Å². The molecule has 2 fully saturated rings. The van der Waals surface area contributed by atoms with Crippen LogP contribution in [0.2, 0.25) is 5.02 Å². The van der Waals surface area contributed by atoms with Crippen LogP contribution in [0.1, 0.15) is 11.1 Å². The van der Waals surface area contributed by atoms with Crippen LogP contribution in [0.5, 0.6) is 11.5 Å². The van der Waals surface area contributed by atoms with Gasteiger partial charge in [-0.25, -0.2) is 4.79 Å². The van der Waals surface area contributed by atoms with Crippen LogP contribution in [0.25, 0.3) is 11.1 Å². The maximum Gasteiger partial charge on any atom is 0.329 e. The Morgan fingerprint density at radius 2 is 1.66 bits per heavy atom. The van der Waals surface area contributed by atoms with Gasteiger partial charge in [0.05, 0.1) is 43.5 Å². The first kappa shape index (κ1) is 26.5. The normalized spacial score (nSPS) is 17.2. The molecule has 2 aliphatic rings. The van der Waals surface area contributed by atoms with Crippen LogP contribution in [0, 0.1) is 5.41 Å². The van der Waals surface area contributed by atoms with Crippen molar-refractivity contribution >= 4 is 17.6 Å². The second kappa shape index (κ2) is 11.3. The molecule has 2 N–H and O–H groups in total. The predicted octanol–water partition coefficient (Wildman–Crippen LogP) is 4.30. The molecule has 5 rings (SSSR count). The summed E-state index contributed by atoms with van der Waals surface area (Å²) in [4.78, 5) is 10.9. The number of aliphatic carboxylic acids is 1. The highest BCUT2D eigenvalue weighted by Gasteiger charge is 2.42. The molecule has 9 heteroatoms. The van der Waals surface area contributed by atoms with Gasteiger partial charge in [0.1, 0.15) is 36.9 Å². The first-order chi connectivity index (χ1) is 18.4. The standard InChI is InChI=1S/C29H29ClO8/c30-26-11-24(37-17-28(14-31)15-34-16-28)8-9-25(26)21-3-1-2-20(10-21)12-36-23-6-4-22(5-7-23)29(18-35-19-29)38-13-27(32)33/h1-11,31H,12-19H2,(H,32,33). The van der Waals surface area contributed by atoms with Crippen molar-refractivity contribution in [2.45, 2.75) is 12.2 Å². The molecule has 3 aromatic rings. The Labute approximate surface area is 225 Å². The number of carbonyl (C=O) groups is 1. The zero-order chi connectivity index (χ0) is 26.6. The number of rotatable bonds is 12. The molecule has 200 valence electrons. The summed E-state index contributed by atoms with van der Waals surface area (Å²) in [6.07, 6.45) is 0. The molecular formula is C29H29ClO8. The van der Waals surface area contributed by atoms with Gasteiger partial charge in [-0.2, -0.15) is 0 Å². The Hall–Kier alpha value is -3.14. The van der Waals surface area contributed by atoms with Gasteiger partial charge in [0.25, 0.3) is 0 Å². The molecule has 0 aliphatic carbocycles. The monoisotopic (exact) mass is 540 g/mol. The SMILES string of the molecule is O=C(O)COC1(c2ccc(OCc3cccc(-c4ccc(OCC5(CO)COC5)cc4Cl)c3)cc2)COC1. The molecule has 8 nitrogen and oxygen atoms in total. The summed E-state index contributed by atoms with van der Waals surface area (Å²) in [6.45, 7) is 2.00. The molecule has 0 radical (unpaired) electrons. The maximum atomic E-state index is 10.9. The lowest BCUT2D eigenvalue weighted by Gasteiger charge is -2.41. The van der Waals surface area contributed by atoms with E-state index in [-0.39, 0.29) is 18.6 Å². The minimum Gasteiger partial charge on any atom is -0.493 e. The van der Waals surface area contributed by atoms with Crippen molar-refractivity contribution in [2.24, 2.45) is 5.41 Å². The summed E-state index contributed by atoms with van der Waals surface area (Å²) in [6, 6.07) is 21.0. The Bertz CT molecular complexity index is 1260. The van der Waals surface area contributed by atoms with Crippen LogP contribution in [0.15, 0.2) is 66.7 Å². The number of carboxylic acid groups (broad SMARTS) is 1. The molecule has 2 aliphatic heterocycles. The van der Waals surface area contributed by atoms with E-state index in [1.807, 2.05) is 60.7 Å². The van der Waals surface area contributed by atoms with Crippen LogP contribution >= 0.6 is 11.6 Å². The van der Waals surface area contributed by atoms with Crippen LogP contribution < -0.4 is 9.47 Å². The van der Waals surface area contributed by atoms with Gasteiger partial charge in [0.15, 0.2) is 0 Å². The van der Waals surface area contributed by atoms with Crippen molar-refractivity contribution < 1.29 is 38.7 Å². The molecule has 38 heavy (non-hydrogen) atoms. The second-order valence-corrected chi connectivity index (χ2v) is 10.2. The van der Waals surface area contributed by atoms with Crippen LogP contribution in [0.3, 0.4) is 0 Å². The van der Waals surface area contributed by atoms with Gasteiger partial charge in [-0.15, -0.1) is 0 Å². The fourth-order valence-electron chi connectivity index (χ4n) is 4.34. The Morgan fingerprint density at radius 3 is 2.26 bits per heavy atom. The van der Waals surface area contributed by atoms with Crippen molar-refractivity contribution in [1.82, 2.24) is 0 Å². The van der Waals surface area contributed by atoms with Crippen LogP contribution in [-0.4, -0.2) is 62.4 Å². The molecule has 0 bridgehead atoms. The number of carboxylic acids is 1. The third-order valence-electron chi connectivity index (χ3n) is 6.80. The molecule has 0 aromatic heterocycles. The molecular weight excluding hydrogens is 512 g/mol. The highest BCUT2D eigenvalue weighted by Crippen LogP contribution is 2.36. The first-order valence-electron chi connectivity index (χ1n) is 12.3. The Morgan fingerprint density at radius 1 is 0.921 bits per heavy atom. The van der Waals surface area contributed by atoms with Crippen molar-refractivity contribution in [3.8, 4) is 22.6 Å². The third-order valence-corrected chi connectivity index (χ3v) is 7.12. The van der Waals surface area contributed by atoms with Gasteiger partial charge in [-0.1, -0.05) is 41.9 Å². The maximum absolute atomic E-state index is 10.9. The number of benzene rings is 3. The zero-order valence-corrected chi connectivity index (χ0v) is 21.5. The quantitative estimate of drug-likeness (QED) is 0.350. The lowest BCUT2D eigenvalue weighted by atomic mass is 9.88. The van der Waals surface area contributed by atoms with Crippen LogP contribution in [-0.2, 0) is 31.2 Å². The van der Waals surface area contributed by atoms with E-state index < -0.39 is 11.6 Å². The summed E-state index contributed by atoms with van der Waals surface area (Å²) in [7, 11) is 0. The number of ether oxygens (including phenoxy) is 5. The van der Waals surface area contributed by atoms with Gasteiger partial charge < -0.3 is 33.9 Å². The van der Waals surface area contributed by atoms with E-state index in [1.165, 1.54) is 0 Å². The van der Waals surface area contributed by atoms with E-state index in [4.69, 9.17) is 40.4 Å². The van der Waals surface area contributed by atoms with Gasteiger partial charge in [-0.3, -0.25) is 0 Å². The van der Waals surface area contributed by atoms with E-state index in [0.29, 0.717) is 56.2 Å². The summed E-state index contributed by atoms with van der Waals surface area (Å²) in [5, 5.41) is 19.1. The summed E-state index contributed by atoms with van der Waals surface area (Å²) in [5.41, 5.74) is 2.61. The number of aliphatic hydroxyl groups is 1. The summed E-state index contributed by atoms with van der Waals surface area (Å²) < 4.78 is 27.9. The molecule has 0 spiro atoms. The number of hydrogen-bond donors (Lipinski definition) is 2. The fourth-order valence-corrected chi connectivity index (χ4v) is 4.62. The molecule has 0 unspecified atom stereocenters. The smallest absolute Gasteiger partial charge is 0.329 e. The topological polar surface area (TPSA) is 104 Å². The lowest BCUT2D eigenvalue weighted by molar-refractivity contribution is -0.220. The van der Waals surface area contributed by atoms with Crippen molar-refractivity contribution in [3.63, 3.8) is 0 Å². The molecule has 0 amide bonds. The zero-order valence-electron chi connectivity index (χ0n) is 20.7. The molecule has 3 aromatic carbocycles. The van der Waals surface area contributed by atoms with E-state index in [9.17, 15) is 9.90 Å². The highest BCUT2D eigenvalue weighted by molar-refractivity contribution is 6.33. The van der Waals surface area contributed by atoms with Gasteiger partial charge in [0, 0.05) is 5.56 Å². The molecule has 0 atom stereocenters. The number of aliphatic hydroxyl groups excluding tert-OH is 1. The van der Waals surface area contributed by atoms with Crippen molar-refractivity contribution in [1.29, 1.82) is 0 Å². The molecule has 0 saturated carbocycles. The predicted molar refractivity (Wildman–Crippen MR) is 140 cm³/mol. The number of halogens is 1. The van der Waals surface area contributed by atoms with Crippen molar-refractivity contribution in [3.05, 3.63) is 82.9 Å². The number of hydrogen-bond acceptors (Lipinski definition) is 7. The molecule has 2 saturated heterocycles. The summed E-state index contributed by atoms with van der Waals surface area (Å²) in [5.74, 6) is 0.314. The Balaban J connectivity index is 1.20. The van der Waals surface area contributed by atoms with Crippen LogP contribution in [0.4, 0.5) is 0 Å². The van der Waals surface area contributed by atoms with E-state index in [2.05, 4.69) is 0 Å². The molecule has 2 heterocycles. The fraction of sp³-hybridized carbons (Fsp3) is 0.345. The van der Waals surface area contributed by atoms with Gasteiger partial charge in [-0.05, 0) is 53.1 Å². The minimum atomic E-state index is -1.01. The average Bonchev–Trinajstić information content (AvgIpc) is 2.87. The summed E-state index contributed by atoms with van der Waals surface area (Å²) >= 11 is 6.59. The lowest BCUT2D eigenvalue weighted by Crippen LogP contribution is -2.49. The average molecular weight is 541 g/mol. The van der Waals surface area contributed by atoms with E-state index in [1.54, 1.807) is 6.07 Å². The van der Waals surface area contributed by atoms with Gasteiger partial charge in [0.2, 0.25) is 0 Å². The minimum absolute atomic E-state index is 0.0226. The first-order valence-corrected chi connectivity index (χ1v) is 12.7.